The number of benzene rings is 1. The summed E-state index contributed by atoms with van der Waals surface area (Å²) in [5.41, 5.74) is 1.68. The highest BCUT2D eigenvalue weighted by Crippen LogP contribution is 2.18. The lowest BCUT2D eigenvalue weighted by molar-refractivity contribution is 0.102. The number of hydrogen-bond acceptors (Lipinski definition) is 5. The van der Waals surface area contributed by atoms with Crippen LogP contribution in [-0.4, -0.2) is 22.1 Å². The van der Waals surface area contributed by atoms with Gasteiger partial charge in [0.25, 0.3) is 5.91 Å². The summed E-state index contributed by atoms with van der Waals surface area (Å²) in [6.07, 6.45) is 1.58. The third kappa shape index (κ3) is 4.27. The van der Waals surface area contributed by atoms with E-state index in [0.717, 1.165) is 12.4 Å². The van der Waals surface area contributed by atoms with Gasteiger partial charge in [-0.3, -0.25) is 4.79 Å². The molecule has 0 bridgehead atoms. The van der Waals surface area contributed by atoms with Crippen LogP contribution < -0.4 is 10.2 Å². The van der Waals surface area contributed by atoms with E-state index in [0.29, 0.717) is 17.1 Å². The fourth-order valence-corrected chi connectivity index (χ4v) is 2.61. The highest BCUT2D eigenvalue weighted by Gasteiger charge is 2.14. The first-order chi connectivity index (χ1) is 12.5. The van der Waals surface area contributed by atoms with Crippen molar-refractivity contribution >= 4 is 17.5 Å². The van der Waals surface area contributed by atoms with Gasteiger partial charge in [-0.05, 0) is 38.5 Å². The number of nitrogens with zero attached hydrogens (tertiary/aromatic N) is 3. The quantitative estimate of drug-likeness (QED) is 0.726. The molecular formula is C20H22N4O2. The SMILES string of the molecule is Cc1cc(NC(=O)c2ccc(N(Cc3ccccc3)C(C)C)nc2)no1. The zero-order valence-corrected chi connectivity index (χ0v) is 15.1. The van der Waals surface area contributed by atoms with E-state index in [9.17, 15) is 4.79 Å². The molecule has 0 aliphatic rings. The number of amides is 1. The van der Waals surface area contributed by atoms with Crippen molar-refractivity contribution in [1.29, 1.82) is 0 Å². The number of anilines is 2. The molecule has 134 valence electrons. The Balaban J connectivity index is 1.73. The summed E-state index contributed by atoms with van der Waals surface area (Å²) < 4.78 is 4.95. The van der Waals surface area contributed by atoms with Crippen molar-refractivity contribution in [3.8, 4) is 0 Å². The molecule has 0 saturated heterocycles. The van der Waals surface area contributed by atoms with Gasteiger partial charge in [-0.2, -0.15) is 0 Å². The summed E-state index contributed by atoms with van der Waals surface area (Å²) in [5, 5.41) is 6.45. The number of nitrogens with one attached hydrogen (secondary N) is 1. The monoisotopic (exact) mass is 350 g/mol. The second-order valence-electron chi connectivity index (χ2n) is 6.39. The Hall–Kier alpha value is -3.15. The Labute approximate surface area is 152 Å². The molecule has 3 aromatic rings. The van der Waals surface area contributed by atoms with Gasteiger partial charge in [0.05, 0.1) is 5.56 Å². The Bertz CT molecular complexity index is 857. The molecule has 0 fully saturated rings. The van der Waals surface area contributed by atoms with Crippen LogP contribution in [0.15, 0.2) is 59.3 Å². The van der Waals surface area contributed by atoms with E-state index >= 15 is 0 Å². The normalized spacial score (nSPS) is 10.8. The van der Waals surface area contributed by atoms with E-state index in [-0.39, 0.29) is 11.9 Å². The number of aromatic nitrogens is 2. The third-order valence-electron chi connectivity index (χ3n) is 3.99. The lowest BCUT2D eigenvalue weighted by atomic mass is 10.2. The maximum absolute atomic E-state index is 12.3. The van der Waals surface area contributed by atoms with Crippen LogP contribution in [0.3, 0.4) is 0 Å². The first-order valence-electron chi connectivity index (χ1n) is 8.54. The largest absolute Gasteiger partial charge is 0.360 e. The lowest BCUT2D eigenvalue weighted by Gasteiger charge is -2.28. The van der Waals surface area contributed by atoms with Crippen LogP contribution >= 0.6 is 0 Å². The van der Waals surface area contributed by atoms with Gasteiger partial charge < -0.3 is 14.7 Å². The number of hydrogen-bond donors (Lipinski definition) is 1. The van der Waals surface area contributed by atoms with E-state index in [1.54, 1.807) is 25.3 Å². The van der Waals surface area contributed by atoms with Gasteiger partial charge in [0.1, 0.15) is 11.6 Å². The summed E-state index contributed by atoms with van der Waals surface area (Å²) in [5.74, 6) is 1.60. The van der Waals surface area contributed by atoms with Gasteiger partial charge in [0.15, 0.2) is 5.82 Å². The predicted molar refractivity (Wildman–Crippen MR) is 101 cm³/mol. The topological polar surface area (TPSA) is 71.3 Å². The molecule has 0 aliphatic carbocycles. The molecule has 0 saturated carbocycles. The van der Waals surface area contributed by atoms with Crippen molar-refractivity contribution in [1.82, 2.24) is 10.1 Å². The van der Waals surface area contributed by atoms with Gasteiger partial charge in [-0.1, -0.05) is 35.5 Å². The molecule has 6 nitrogen and oxygen atoms in total. The summed E-state index contributed by atoms with van der Waals surface area (Å²) in [6, 6.07) is 15.8. The molecule has 0 atom stereocenters. The van der Waals surface area contributed by atoms with Gasteiger partial charge in [-0.25, -0.2) is 4.98 Å². The van der Waals surface area contributed by atoms with E-state index < -0.39 is 0 Å². The molecule has 1 amide bonds. The Morgan fingerprint density at radius 1 is 1.19 bits per heavy atom. The van der Waals surface area contributed by atoms with Crippen molar-refractivity contribution in [2.75, 3.05) is 10.2 Å². The van der Waals surface area contributed by atoms with E-state index in [2.05, 4.69) is 46.3 Å². The van der Waals surface area contributed by atoms with Crippen molar-refractivity contribution < 1.29 is 9.32 Å². The van der Waals surface area contributed by atoms with Crippen LogP contribution in [-0.2, 0) is 6.54 Å². The van der Waals surface area contributed by atoms with Crippen molar-refractivity contribution in [2.24, 2.45) is 0 Å². The Morgan fingerprint density at radius 3 is 2.54 bits per heavy atom. The van der Waals surface area contributed by atoms with Crippen LogP contribution in [0.25, 0.3) is 0 Å². The van der Waals surface area contributed by atoms with Gasteiger partial charge >= 0.3 is 0 Å². The summed E-state index contributed by atoms with van der Waals surface area (Å²) in [6.45, 7) is 6.78. The predicted octanol–water partition coefficient (Wildman–Crippen LogP) is 4.05. The number of carbonyl (C=O) groups is 1. The Kier molecular flexibility index (Phi) is 5.31. The molecular weight excluding hydrogens is 328 g/mol. The first-order valence-corrected chi connectivity index (χ1v) is 8.54. The third-order valence-corrected chi connectivity index (χ3v) is 3.99. The van der Waals surface area contributed by atoms with Crippen molar-refractivity contribution in [3.63, 3.8) is 0 Å². The summed E-state index contributed by atoms with van der Waals surface area (Å²) in [7, 11) is 0. The highest BCUT2D eigenvalue weighted by atomic mass is 16.5. The molecule has 3 rings (SSSR count). The smallest absolute Gasteiger partial charge is 0.258 e. The van der Waals surface area contributed by atoms with E-state index in [1.807, 2.05) is 24.3 Å². The minimum absolute atomic E-state index is 0.267. The second-order valence-corrected chi connectivity index (χ2v) is 6.39. The zero-order valence-electron chi connectivity index (χ0n) is 15.1. The number of carbonyl (C=O) groups excluding carboxylic acids is 1. The summed E-state index contributed by atoms with van der Waals surface area (Å²) >= 11 is 0. The molecule has 2 heterocycles. The van der Waals surface area contributed by atoms with Gasteiger partial charge in [0, 0.05) is 24.8 Å². The first kappa shape index (κ1) is 17.7. The highest BCUT2D eigenvalue weighted by molar-refractivity contribution is 6.03. The standard InChI is InChI=1S/C20H22N4O2/c1-14(2)24(13-16-7-5-4-6-8-16)19-10-9-17(12-21-19)20(25)22-18-11-15(3)26-23-18/h4-12,14H,13H2,1-3H3,(H,22,23,25). The number of pyridine rings is 1. The molecule has 0 aliphatic heterocycles. The lowest BCUT2D eigenvalue weighted by Crippen LogP contribution is -2.31. The second kappa shape index (κ2) is 7.82. The van der Waals surface area contributed by atoms with Crippen LogP contribution in [0, 0.1) is 6.92 Å². The average Bonchev–Trinajstić information content (AvgIpc) is 3.05. The molecule has 2 aromatic heterocycles. The minimum atomic E-state index is -0.267. The fourth-order valence-electron chi connectivity index (χ4n) is 2.61. The maximum atomic E-state index is 12.3. The van der Waals surface area contributed by atoms with Crippen LogP contribution in [0.2, 0.25) is 0 Å². The minimum Gasteiger partial charge on any atom is -0.360 e. The van der Waals surface area contributed by atoms with Crippen molar-refractivity contribution in [3.05, 3.63) is 71.6 Å². The van der Waals surface area contributed by atoms with E-state index in [4.69, 9.17) is 4.52 Å². The van der Waals surface area contributed by atoms with E-state index in [1.165, 1.54) is 5.56 Å². The average molecular weight is 350 g/mol. The van der Waals surface area contributed by atoms with Gasteiger partial charge in [-0.15, -0.1) is 0 Å². The number of aryl methyl sites for hydroxylation is 1. The fraction of sp³-hybridized carbons (Fsp3) is 0.250. The van der Waals surface area contributed by atoms with Crippen LogP contribution in [0.5, 0.6) is 0 Å². The Morgan fingerprint density at radius 2 is 1.96 bits per heavy atom. The molecule has 0 radical (unpaired) electrons. The molecule has 0 spiro atoms. The molecule has 6 heteroatoms. The van der Waals surface area contributed by atoms with Gasteiger partial charge in [0.2, 0.25) is 0 Å². The maximum Gasteiger partial charge on any atom is 0.258 e. The number of rotatable bonds is 6. The summed E-state index contributed by atoms with van der Waals surface area (Å²) in [4.78, 5) is 19.0. The molecule has 0 unspecified atom stereocenters. The van der Waals surface area contributed by atoms with Crippen molar-refractivity contribution in [2.45, 2.75) is 33.4 Å². The molecule has 1 aromatic carbocycles. The molecule has 26 heavy (non-hydrogen) atoms. The van der Waals surface area contributed by atoms with Crippen LogP contribution in [0.1, 0.15) is 35.5 Å². The van der Waals surface area contributed by atoms with Crippen LogP contribution in [0.4, 0.5) is 11.6 Å². The zero-order chi connectivity index (χ0) is 18.5. The molecule has 1 N–H and O–H groups in total.